The lowest BCUT2D eigenvalue weighted by atomic mass is 9.98. The van der Waals surface area contributed by atoms with Gasteiger partial charge in [-0.15, -0.1) is 12.4 Å². The first kappa shape index (κ1) is 16.5. The molecule has 0 aliphatic rings. The summed E-state index contributed by atoms with van der Waals surface area (Å²) in [7, 11) is 0. The van der Waals surface area contributed by atoms with Crippen molar-refractivity contribution in [1.29, 1.82) is 0 Å². The number of halogens is 5. The van der Waals surface area contributed by atoms with Crippen LogP contribution in [0.5, 0.6) is 0 Å². The highest BCUT2D eigenvalue weighted by molar-refractivity contribution is 5.85. The van der Waals surface area contributed by atoms with Crippen LogP contribution in [0.15, 0.2) is 42.5 Å². The highest BCUT2D eigenvalue weighted by atomic mass is 35.5. The minimum Gasteiger partial charge on any atom is -0.326 e. The number of hydrogen-bond acceptors (Lipinski definition) is 1. The van der Waals surface area contributed by atoms with E-state index in [2.05, 4.69) is 0 Å². The van der Waals surface area contributed by atoms with Crippen LogP contribution in [0.3, 0.4) is 0 Å². The number of benzene rings is 2. The minimum absolute atomic E-state index is 0. The van der Waals surface area contributed by atoms with Crippen LogP contribution in [0.25, 0.3) is 11.1 Å². The van der Waals surface area contributed by atoms with Gasteiger partial charge in [-0.25, -0.2) is 4.39 Å². The molecule has 20 heavy (non-hydrogen) atoms. The maximum absolute atomic E-state index is 13.6. The van der Waals surface area contributed by atoms with E-state index < -0.39 is 17.6 Å². The normalized spacial score (nSPS) is 11.1. The van der Waals surface area contributed by atoms with E-state index in [0.29, 0.717) is 0 Å². The van der Waals surface area contributed by atoms with Crippen LogP contribution in [0.2, 0.25) is 0 Å². The van der Waals surface area contributed by atoms with Crippen molar-refractivity contribution in [1.82, 2.24) is 0 Å². The van der Waals surface area contributed by atoms with Crippen molar-refractivity contribution >= 4 is 12.4 Å². The summed E-state index contributed by atoms with van der Waals surface area (Å²) in [5, 5.41) is 0. The Kier molecular flexibility index (Phi) is 5.14. The van der Waals surface area contributed by atoms with Crippen LogP contribution in [0.1, 0.15) is 11.1 Å². The largest absolute Gasteiger partial charge is 0.416 e. The molecule has 0 saturated heterocycles. The molecule has 108 valence electrons. The van der Waals surface area contributed by atoms with Gasteiger partial charge in [-0.05, 0) is 23.3 Å². The second-order valence-corrected chi connectivity index (χ2v) is 4.05. The summed E-state index contributed by atoms with van der Waals surface area (Å²) in [4.78, 5) is 0. The fraction of sp³-hybridized carbons (Fsp3) is 0.143. The topological polar surface area (TPSA) is 26.0 Å². The van der Waals surface area contributed by atoms with Crippen LogP contribution < -0.4 is 5.73 Å². The lowest BCUT2D eigenvalue weighted by Gasteiger charge is -2.14. The maximum atomic E-state index is 13.6. The van der Waals surface area contributed by atoms with E-state index in [0.717, 1.165) is 6.07 Å². The van der Waals surface area contributed by atoms with Gasteiger partial charge in [0.1, 0.15) is 5.82 Å². The molecule has 0 bridgehead atoms. The molecule has 2 rings (SSSR count). The van der Waals surface area contributed by atoms with E-state index >= 15 is 0 Å². The maximum Gasteiger partial charge on any atom is 0.416 e. The summed E-state index contributed by atoms with van der Waals surface area (Å²) in [6.45, 7) is -0.216. The Morgan fingerprint density at radius 3 is 2.20 bits per heavy atom. The van der Waals surface area contributed by atoms with Gasteiger partial charge in [-0.1, -0.05) is 30.3 Å². The summed E-state index contributed by atoms with van der Waals surface area (Å²) in [6.07, 6.45) is -4.50. The SMILES string of the molecule is Cl.NCc1ccc(-c2ccccc2F)cc1C(F)(F)F. The summed E-state index contributed by atoms with van der Waals surface area (Å²) < 4.78 is 52.2. The fourth-order valence-electron chi connectivity index (χ4n) is 1.88. The molecular formula is C14H12ClF4N. The average molecular weight is 306 g/mol. The lowest BCUT2D eigenvalue weighted by molar-refractivity contribution is -0.138. The Labute approximate surface area is 119 Å². The van der Waals surface area contributed by atoms with E-state index in [9.17, 15) is 17.6 Å². The Morgan fingerprint density at radius 2 is 1.65 bits per heavy atom. The van der Waals surface area contributed by atoms with E-state index in [1.54, 1.807) is 6.07 Å². The molecule has 0 aliphatic carbocycles. The third-order valence-corrected chi connectivity index (χ3v) is 2.82. The summed E-state index contributed by atoms with van der Waals surface area (Å²) in [5.74, 6) is -0.559. The molecule has 0 atom stereocenters. The molecule has 0 unspecified atom stereocenters. The first-order valence-corrected chi connectivity index (χ1v) is 5.58. The van der Waals surface area contributed by atoms with Gasteiger partial charge in [-0.2, -0.15) is 13.2 Å². The molecule has 0 fully saturated rings. The predicted octanol–water partition coefficient (Wildman–Crippen LogP) is 4.39. The molecule has 0 heterocycles. The highest BCUT2D eigenvalue weighted by Crippen LogP contribution is 2.35. The zero-order valence-corrected chi connectivity index (χ0v) is 11.1. The van der Waals surface area contributed by atoms with Gasteiger partial charge in [0.15, 0.2) is 0 Å². The van der Waals surface area contributed by atoms with Crippen molar-refractivity contribution in [2.45, 2.75) is 12.7 Å². The van der Waals surface area contributed by atoms with Gasteiger partial charge >= 0.3 is 6.18 Å². The lowest BCUT2D eigenvalue weighted by Crippen LogP contribution is -2.12. The van der Waals surface area contributed by atoms with Gasteiger partial charge in [0.05, 0.1) is 5.56 Å². The molecule has 6 heteroatoms. The number of nitrogens with two attached hydrogens (primary N) is 1. The van der Waals surface area contributed by atoms with Crippen molar-refractivity contribution < 1.29 is 17.6 Å². The number of hydrogen-bond donors (Lipinski definition) is 1. The van der Waals surface area contributed by atoms with Crippen molar-refractivity contribution in [3.05, 3.63) is 59.4 Å². The molecular weight excluding hydrogens is 294 g/mol. The number of alkyl halides is 3. The molecule has 0 saturated carbocycles. The molecule has 0 aromatic heterocycles. The Hall–Kier alpha value is -1.59. The third kappa shape index (κ3) is 3.29. The first-order valence-electron chi connectivity index (χ1n) is 5.58. The van der Waals surface area contributed by atoms with Crippen LogP contribution >= 0.6 is 12.4 Å². The monoisotopic (exact) mass is 305 g/mol. The zero-order chi connectivity index (χ0) is 14.0. The Morgan fingerprint density at radius 1 is 1.00 bits per heavy atom. The summed E-state index contributed by atoms with van der Waals surface area (Å²) in [6, 6.07) is 9.35. The van der Waals surface area contributed by atoms with E-state index in [1.165, 1.54) is 30.3 Å². The van der Waals surface area contributed by atoms with Gasteiger partial charge in [-0.3, -0.25) is 0 Å². The first-order chi connectivity index (χ1) is 8.93. The molecule has 0 radical (unpaired) electrons. The average Bonchev–Trinajstić information content (AvgIpc) is 2.37. The molecule has 2 N–H and O–H groups in total. The van der Waals surface area contributed by atoms with Crippen molar-refractivity contribution in [3.63, 3.8) is 0 Å². The predicted molar refractivity (Wildman–Crippen MR) is 72.0 cm³/mol. The van der Waals surface area contributed by atoms with E-state index in [-0.39, 0.29) is 35.6 Å². The number of rotatable bonds is 2. The molecule has 1 nitrogen and oxygen atoms in total. The second-order valence-electron chi connectivity index (χ2n) is 4.05. The van der Waals surface area contributed by atoms with Crippen LogP contribution in [0.4, 0.5) is 17.6 Å². The van der Waals surface area contributed by atoms with Crippen LogP contribution in [-0.2, 0) is 12.7 Å². The van der Waals surface area contributed by atoms with Gasteiger partial charge < -0.3 is 5.73 Å². The summed E-state index contributed by atoms with van der Waals surface area (Å²) >= 11 is 0. The Bertz CT molecular complexity index is 596. The van der Waals surface area contributed by atoms with E-state index in [1.807, 2.05) is 0 Å². The third-order valence-electron chi connectivity index (χ3n) is 2.82. The molecule has 0 amide bonds. The van der Waals surface area contributed by atoms with Crippen LogP contribution in [-0.4, -0.2) is 0 Å². The molecule has 2 aromatic rings. The smallest absolute Gasteiger partial charge is 0.326 e. The Balaban J connectivity index is 0.00000200. The van der Waals surface area contributed by atoms with Crippen molar-refractivity contribution in [2.75, 3.05) is 0 Å². The van der Waals surface area contributed by atoms with Crippen LogP contribution in [0, 0.1) is 5.82 Å². The van der Waals surface area contributed by atoms with Gasteiger partial charge in [0.25, 0.3) is 0 Å². The van der Waals surface area contributed by atoms with Crippen molar-refractivity contribution in [2.24, 2.45) is 5.73 Å². The molecule has 2 aromatic carbocycles. The highest BCUT2D eigenvalue weighted by Gasteiger charge is 2.33. The zero-order valence-electron chi connectivity index (χ0n) is 10.2. The van der Waals surface area contributed by atoms with E-state index in [4.69, 9.17) is 5.73 Å². The second kappa shape index (κ2) is 6.24. The van der Waals surface area contributed by atoms with Crippen molar-refractivity contribution in [3.8, 4) is 11.1 Å². The minimum atomic E-state index is -4.50. The summed E-state index contributed by atoms with van der Waals surface area (Å²) in [5.41, 5.74) is 4.78. The standard InChI is InChI=1S/C14H11F4N.ClH/c15-13-4-2-1-3-11(13)9-5-6-10(8-19)12(7-9)14(16,17)18;/h1-7H,8,19H2;1H. The van der Waals surface area contributed by atoms with Gasteiger partial charge in [0.2, 0.25) is 0 Å². The molecule has 0 spiro atoms. The molecule has 0 aliphatic heterocycles. The fourth-order valence-corrected chi connectivity index (χ4v) is 1.88. The van der Waals surface area contributed by atoms with Gasteiger partial charge in [0, 0.05) is 12.1 Å². The quantitative estimate of drug-likeness (QED) is 0.818.